The maximum absolute atomic E-state index is 13.4. The van der Waals surface area contributed by atoms with Crippen LogP contribution in [-0.4, -0.2) is 14.2 Å². The monoisotopic (exact) mass is 276 g/mol. The molecule has 106 valence electrons. The van der Waals surface area contributed by atoms with Gasteiger partial charge in [-0.2, -0.15) is 0 Å². The van der Waals surface area contributed by atoms with E-state index in [9.17, 15) is 4.39 Å². The van der Waals surface area contributed by atoms with E-state index in [1.54, 1.807) is 32.4 Å². The third kappa shape index (κ3) is 2.89. The minimum absolute atomic E-state index is 0.310. The van der Waals surface area contributed by atoms with Gasteiger partial charge >= 0.3 is 0 Å². The number of hydrogen-bond donors (Lipinski definition) is 2. The Hall–Kier alpha value is -2.11. The Labute approximate surface area is 117 Å². The van der Waals surface area contributed by atoms with Crippen molar-refractivity contribution in [1.82, 2.24) is 5.43 Å². The zero-order chi connectivity index (χ0) is 14.5. The molecule has 0 aliphatic carbocycles. The van der Waals surface area contributed by atoms with Crippen molar-refractivity contribution in [1.29, 1.82) is 0 Å². The molecule has 5 heteroatoms. The molecule has 0 aliphatic heterocycles. The van der Waals surface area contributed by atoms with Crippen LogP contribution in [0.4, 0.5) is 4.39 Å². The molecular weight excluding hydrogens is 259 g/mol. The molecule has 0 fully saturated rings. The molecule has 0 heterocycles. The number of hydrogen-bond acceptors (Lipinski definition) is 4. The van der Waals surface area contributed by atoms with E-state index in [0.29, 0.717) is 11.5 Å². The SMILES string of the molecule is COc1ccc(C(NN)c2cccc(F)c2)c(OC)c1. The minimum atomic E-state index is -0.369. The molecule has 2 rings (SSSR count). The fourth-order valence-corrected chi connectivity index (χ4v) is 2.11. The van der Waals surface area contributed by atoms with Crippen LogP contribution in [0.2, 0.25) is 0 Å². The summed E-state index contributed by atoms with van der Waals surface area (Å²) in [6, 6.07) is 11.3. The lowest BCUT2D eigenvalue weighted by Crippen LogP contribution is -2.29. The quantitative estimate of drug-likeness (QED) is 0.650. The first-order valence-corrected chi connectivity index (χ1v) is 6.13. The highest BCUT2D eigenvalue weighted by atomic mass is 19.1. The van der Waals surface area contributed by atoms with Gasteiger partial charge in [0, 0.05) is 11.6 Å². The first kappa shape index (κ1) is 14.3. The molecule has 1 atom stereocenters. The second-order valence-corrected chi connectivity index (χ2v) is 4.26. The highest BCUT2D eigenvalue weighted by Crippen LogP contribution is 2.32. The van der Waals surface area contributed by atoms with Crippen LogP contribution in [0.3, 0.4) is 0 Å². The van der Waals surface area contributed by atoms with Crippen LogP contribution in [0.25, 0.3) is 0 Å². The number of ether oxygens (including phenoxy) is 2. The zero-order valence-electron chi connectivity index (χ0n) is 11.4. The average molecular weight is 276 g/mol. The van der Waals surface area contributed by atoms with E-state index >= 15 is 0 Å². The summed E-state index contributed by atoms with van der Waals surface area (Å²) >= 11 is 0. The molecule has 3 N–H and O–H groups in total. The Bertz CT molecular complexity index is 590. The normalized spacial score (nSPS) is 12.0. The van der Waals surface area contributed by atoms with E-state index in [2.05, 4.69) is 5.43 Å². The van der Waals surface area contributed by atoms with Crippen molar-refractivity contribution in [2.24, 2.45) is 5.84 Å². The van der Waals surface area contributed by atoms with Gasteiger partial charge in [0.1, 0.15) is 17.3 Å². The predicted molar refractivity (Wildman–Crippen MR) is 75.1 cm³/mol. The van der Waals surface area contributed by atoms with Crippen molar-refractivity contribution >= 4 is 0 Å². The van der Waals surface area contributed by atoms with Gasteiger partial charge in [0.15, 0.2) is 0 Å². The van der Waals surface area contributed by atoms with E-state index < -0.39 is 0 Å². The molecule has 0 amide bonds. The standard InChI is InChI=1S/C15H17FN2O2/c1-19-12-6-7-13(14(9-12)20-2)15(18-17)10-4-3-5-11(16)8-10/h3-9,15,18H,17H2,1-2H3. The summed E-state index contributed by atoms with van der Waals surface area (Å²) in [5, 5.41) is 0. The fraction of sp³-hybridized carbons (Fsp3) is 0.200. The molecule has 20 heavy (non-hydrogen) atoms. The van der Waals surface area contributed by atoms with Crippen molar-refractivity contribution < 1.29 is 13.9 Å². The lowest BCUT2D eigenvalue weighted by Gasteiger charge is -2.20. The third-order valence-corrected chi connectivity index (χ3v) is 3.10. The van der Waals surface area contributed by atoms with E-state index in [-0.39, 0.29) is 11.9 Å². The van der Waals surface area contributed by atoms with Gasteiger partial charge in [0.25, 0.3) is 0 Å². The third-order valence-electron chi connectivity index (χ3n) is 3.10. The zero-order valence-corrected chi connectivity index (χ0v) is 11.4. The van der Waals surface area contributed by atoms with Crippen molar-refractivity contribution in [3.63, 3.8) is 0 Å². The molecule has 1 unspecified atom stereocenters. The Balaban J connectivity index is 2.46. The van der Waals surface area contributed by atoms with Crippen LogP contribution < -0.4 is 20.7 Å². The largest absolute Gasteiger partial charge is 0.497 e. The maximum atomic E-state index is 13.4. The molecule has 0 bridgehead atoms. The Kier molecular flexibility index (Phi) is 4.55. The van der Waals surface area contributed by atoms with E-state index in [1.807, 2.05) is 12.1 Å². The van der Waals surface area contributed by atoms with E-state index in [4.69, 9.17) is 15.3 Å². The molecular formula is C15H17FN2O2. The smallest absolute Gasteiger partial charge is 0.127 e. The van der Waals surface area contributed by atoms with Gasteiger partial charge in [-0.05, 0) is 29.8 Å². The molecule has 0 saturated heterocycles. The lowest BCUT2D eigenvalue weighted by molar-refractivity contribution is 0.387. The van der Waals surface area contributed by atoms with Gasteiger partial charge < -0.3 is 9.47 Å². The molecule has 0 saturated carbocycles. The van der Waals surface area contributed by atoms with Crippen molar-refractivity contribution in [3.05, 3.63) is 59.4 Å². The number of halogens is 1. The summed E-state index contributed by atoms with van der Waals surface area (Å²) in [7, 11) is 3.15. The number of benzene rings is 2. The van der Waals surface area contributed by atoms with Crippen LogP contribution >= 0.6 is 0 Å². The summed E-state index contributed by atoms with van der Waals surface area (Å²) in [6.07, 6.45) is 0. The summed E-state index contributed by atoms with van der Waals surface area (Å²) in [6.45, 7) is 0. The molecule has 0 spiro atoms. The topological polar surface area (TPSA) is 56.5 Å². The van der Waals surface area contributed by atoms with Crippen molar-refractivity contribution in [2.45, 2.75) is 6.04 Å². The van der Waals surface area contributed by atoms with Crippen LogP contribution in [0.15, 0.2) is 42.5 Å². The number of rotatable bonds is 5. The first-order valence-electron chi connectivity index (χ1n) is 6.13. The van der Waals surface area contributed by atoms with Crippen molar-refractivity contribution in [2.75, 3.05) is 14.2 Å². The van der Waals surface area contributed by atoms with Crippen LogP contribution in [0.5, 0.6) is 11.5 Å². The molecule has 0 radical (unpaired) electrons. The second-order valence-electron chi connectivity index (χ2n) is 4.26. The first-order chi connectivity index (χ1) is 9.69. The molecule has 4 nitrogen and oxygen atoms in total. The number of nitrogens with one attached hydrogen (secondary N) is 1. The Morgan fingerprint density at radius 1 is 1.10 bits per heavy atom. The molecule has 0 aromatic heterocycles. The number of nitrogens with two attached hydrogens (primary N) is 1. The van der Waals surface area contributed by atoms with Gasteiger partial charge in [-0.25, -0.2) is 9.82 Å². The van der Waals surface area contributed by atoms with E-state index in [1.165, 1.54) is 12.1 Å². The Morgan fingerprint density at radius 2 is 1.90 bits per heavy atom. The van der Waals surface area contributed by atoms with Gasteiger partial charge in [0.05, 0.1) is 20.3 Å². The Morgan fingerprint density at radius 3 is 2.50 bits per heavy atom. The second kappa shape index (κ2) is 6.36. The summed E-state index contributed by atoms with van der Waals surface area (Å²) in [4.78, 5) is 0. The van der Waals surface area contributed by atoms with Gasteiger partial charge in [0.2, 0.25) is 0 Å². The number of methoxy groups -OCH3 is 2. The van der Waals surface area contributed by atoms with Crippen molar-refractivity contribution in [3.8, 4) is 11.5 Å². The highest BCUT2D eigenvalue weighted by Gasteiger charge is 2.18. The summed E-state index contributed by atoms with van der Waals surface area (Å²) in [5.74, 6) is 6.61. The van der Waals surface area contributed by atoms with E-state index in [0.717, 1.165) is 11.1 Å². The average Bonchev–Trinajstić information content (AvgIpc) is 2.48. The molecule has 2 aromatic carbocycles. The van der Waals surface area contributed by atoms with Gasteiger partial charge in [-0.3, -0.25) is 5.84 Å². The number of hydrazine groups is 1. The van der Waals surface area contributed by atoms with Crippen LogP contribution in [0, 0.1) is 5.82 Å². The summed E-state index contributed by atoms with van der Waals surface area (Å²) < 4.78 is 23.9. The van der Waals surface area contributed by atoms with Gasteiger partial charge in [-0.1, -0.05) is 12.1 Å². The minimum Gasteiger partial charge on any atom is -0.497 e. The maximum Gasteiger partial charge on any atom is 0.127 e. The fourth-order valence-electron chi connectivity index (χ4n) is 2.11. The lowest BCUT2D eigenvalue weighted by atomic mass is 9.98. The molecule has 2 aromatic rings. The van der Waals surface area contributed by atoms with Crippen LogP contribution in [0.1, 0.15) is 17.2 Å². The predicted octanol–water partition coefficient (Wildman–Crippen LogP) is 2.40. The highest BCUT2D eigenvalue weighted by molar-refractivity contribution is 5.46. The van der Waals surface area contributed by atoms with Crippen LogP contribution in [-0.2, 0) is 0 Å². The van der Waals surface area contributed by atoms with Gasteiger partial charge in [-0.15, -0.1) is 0 Å². The molecule has 0 aliphatic rings. The summed E-state index contributed by atoms with van der Waals surface area (Å²) in [5.41, 5.74) is 4.21.